The van der Waals surface area contributed by atoms with Crippen molar-refractivity contribution in [2.75, 3.05) is 13.2 Å². The molecule has 4 rings (SSSR count). The molecule has 36 heavy (non-hydrogen) atoms. The van der Waals surface area contributed by atoms with Gasteiger partial charge in [0.1, 0.15) is 30.5 Å². The molecule has 2 heterocycles. The van der Waals surface area contributed by atoms with E-state index in [1.165, 1.54) is 4.90 Å². The highest BCUT2D eigenvalue weighted by atomic mass is 16.5. The Bertz CT molecular complexity index is 1280. The van der Waals surface area contributed by atoms with E-state index in [0.29, 0.717) is 35.8 Å². The zero-order valence-corrected chi connectivity index (χ0v) is 19.7. The van der Waals surface area contributed by atoms with Gasteiger partial charge in [0.15, 0.2) is 0 Å². The number of aromatic nitrogens is 1. The monoisotopic (exact) mass is 482 g/mol. The molecule has 0 spiro atoms. The van der Waals surface area contributed by atoms with Crippen LogP contribution in [0.1, 0.15) is 22.7 Å². The minimum atomic E-state index is -0.796. The Hall–Kier alpha value is -4.65. The van der Waals surface area contributed by atoms with E-state index in [-0.39, 0.29) is 17.9 Å². The number of aliphatic hydroxyl groups is 1. The van der Waals surface area contributed by atoms with Crippen LogP contribution in [0.25, 0.3) is 5.76 Å². The Labute approximate surface area is 209 Å². The van der Waals surface area contributed by atoms with Crippen molar-refractivity contribution in [3.05, 3.63) is 121 Å². The number of ether oxygens (including phenoxy) is 2. The summed E-state index contributed by atoms with van der Waals surface area (Å²) in [5, 5.41) is 11.2. The van der Waals surface area contributed by atoms with Gasteiger partial charge < -0.3 is 19.5 Å². The van der Waals surface area contributed by atoms with Crippen LogP contribution in [-0.4, -0.2) is 39.9 Å². The van der Waals surface area contributed by atoms with E-state index in [4.69, 9.17) is 9.47 Å². The second-order valence-corrected chi connectivity index (χ2v) is 8.08. The average Bonchev–Trinajstić information content (AvgIpc) is 3.16. The summed E-state index contributed by atoms with van der Waals surface area (Å²) >= 11 is 0. The number of carbonyl (C=O) groups is 2. The number of ketones is 1. The van der Waals surface area contributed by atoms with E-state index in [9.17, 15) is 14.7 Å². The van der Waals surface area contributed by atoms with Gasteiger partial charge in [-0.3, -0.25) is 14.6 Å². The highest BCUT2D eigenvalue weighted by molar-refractivity contribution is 6.46. The van der Waals surface area contributed by atoms with Gasteiger partial charge in [-0.1, -0.05) is 43.5 Å². The van der Waals surface area contributed by atoms with Crippen molar-refractivity contribution in [1.82, 2.24) is 9.88 Å². The highest BCUT2D eigenvalue weighted by Crippen LogP contribution is 2.40. The summed E-state index contributed by atoms with van der Waals surface area (Å²) in [6.07, 6.45) is 6.56. The Kier molecular flexibility index (Phi) is 7.60. The summed E-state index contributed by atoms with van der Waals surface area (Å²) in [5.41, 5.74) is 1.84. The number of nitrogens with zero attached hydrogens (tertiary/aromatic N) is 2. The molecule has 0 aliphatic carbocycles. The number of amides is 1. The van der Waals surface area contributed by atoms with Crippen molar-refractivity contribution in [1.29, 1.82) is 0 Å². The molecule has 7 heteroatoms. The third kappa shape index (κ3) is 5.20. The molecule has 7 nitrogen and oxygen atoms in total. The fraction of sp³-hybridized carbons (Fsp3) is 0.138. The zero-order valence-electron chi connectivity index (χ0n) is 19.7. The highest BCUT2D eigenvalue weighted by Gasteiger charge is 2.46. The smallest absolute Gasteiger partial charge is 0.295 e. The van der Waals surface area contributed by atoms with Crippen LogP contribution >= 0.6 is 0 Å². The second-order valence-electron chi connectivity index (χ2n) is 8.08. The Morgan fingerprint density at radius 3 is 2.11 bits per heavy atom. The summed E-state index contributed by atoms with van der Waals surface area (Å²) in [5.74, 6) is -0.480. The topological polar surface area (TPSA) is 89.0 Å². The van der Waals surface area contributed by atoms with Crippen LogP contribution in [0.15, 0.2) is 104 Å². The van der Waals surface area contributed by atoms with Gasteiger partial charge in [0.2, 0.25) is 0 Å². The molecule has 1 unspecified atom stereocenters. The maximum absolute atomic E-state index is 13.2. The zero-order chi connectivity index (χ0) is 25.5. The van der Waals surface area contributed by atoms with Gasteiger partial charge >= 0.3 is 0 Å². The minimum Gasteiger partial charge on any atom is -0.507 e. The molecular weight excluding hydrogens is 456 g/mol. The van der Waals surface area contributed by atoms with Crippen LogP contribution in [0, 0.1) is 0 Å². The molecule has 1 aliphatic heterocycles. The Balaban J connectivity index is 1.76. The largest absolute Gasteiger partial charge is 0.507 e. The van der Waals surface area contributed by atoms with Crippen molar-refractivity contribution in [3.8, 4) is 11.5 Å². The lowest BCUT2D eigenvalue weighted by Crippen LogP contribution is -2.29. The lowest BCUT2D eigenvalue weighted by atomic mass is 9.95. The van der Waals surface area contributed by atoms with Crippen molar-refractivity contribution >= 4 is 17.4 Å². The van der Waals surface area contributed by atoms with Gasteiger partial charge in [0.05, 0.1) is 11.6 Å². The summed E-state index contributed by atoms with van der Waals surface area (Å²) in [4.78, 5) is 32.0. The second kappa shape index (κ2) is 11.2. The first kappa shape index (κ1) is 24.5. The van der Waals surface area contributed by atoms with E-state index in [0.717, 1.165) is 5.56 Å². The predicted molar refractivity (Wildman–Crippen MR) is 136 cm³/mol. The van der Waals surface area contributed by atoms with Crippen LogP contribution in [0.4, 0.5) is 0 Å². The molecule has 1 fully saturated rings. The summed E-state index contributed by atoms with van der Waals surface area (Å²) < 4.78 is 11.1. The first-order valence-electron chi connectivity index (χ1n) is 11.4. The van der Waals surface area contributed by atoms with E-state index in [2.05, 4.69) is 18.1 Å². The molecule has 1 aliphatic rings. The van der Waals surface area contributed by atoms with Crippen molar-refractivity contribution < 1.29 is 24.2 Å². The quantitative estimate of drug-likeness (QED) is 0.193. The molecule has 1 amide bonds. The number of aliphatic hydroxyl groups excluding tert-OH is 1. The molecule has 0 radical (unpaired) electrons. The van der Waals surface area contributed by atoms with Gasteiger partial charge in [0.25, 0.3) is 11.7 Å². The van der Waals surface area contributed by atoms with Crippen molar-refractivity contribution in [3.63, 3.8) is 0 Å². The maximum atomic E-state index is 13.2. The van der Waals surface area contributed by atoms with Crippen LogP contribution in [-0.2, 0) is 16.1 Å². The lowest BCUT2D eigenvalue weighted by molar-refractivity contribution is -0.140. The Morgan fingerprint density at radius 1 is 0.944 bits per heavy atom. The fourth-order valence-corrected chi connectivity index (χ4v) is 4.00. The van der Waals surface area contributed by atoms with E-state index in [1.807, 2.05) is 6.07 Å². The molecule has 182 valence electrons. The van der Waals surface area contributed by atoms with Gasteiger partial charge in [-0.2, -0.15) is 0 Å². The molecule has 2 aromatic carbocycles. The lowest BCUT2D eigenvalue weighted by Gasteiger charge is -2.25. The molecule has 0 saturated carbocycles. The molecule has 1 N–H and O–H groups in total. The van der Waals surface area contributed by atoms with E-state index in [1.54, 1.807) is 79.1 Å². The number of likely N-dealkylation sites (tertiary alicyclic amines) is 1. The molecular formula is C29H26N2O5. The molecule has 0 bridgehead atoms. The summed E-state index contributed by atoms with van der Waals surface area (Å²) in [6.45, 7) is 8.12. The van der Waals surface area contributed by atoms with Crippen LogP contribution < -0.4 is 9.47 Å². The number of carbonyl (C=O) groups excluding carboxylic acids is 2. The normalized spacial score (nSPS) is 16.6. The Morgan fingerprint density at radius 2 is 1.56 bits per heavy atom. The molecule has 3 aromatic rings. The third-order valence-electron chi connectivity index (χ3n) is 5.67. The van der Waals surface area contributed by atoms with Crippen LogP contribution in [0.3, 0.4) is 0 Å². The van der Waals surface area contributed by atoms with Crippen LogP contribution in [0.5, 0.6) is 11.5 Å². The SMILES string of the molecule is C=CCOc1ccc(/C(O)=C2/C(=O)C(=O)N(Cc3cccnc3)C2c2ccc(OCC=C)cc2)cc1. The standard InChI is InChI=1S/C29H26N2O5/c1-3-16-35-23-11-7-21(8-12-23)26-25(27(32)22-9-13-24(14-10-22)36-17-4-2)28(33)29(34)31(26)19-20-6-5-15-30-18-20/h3-15,18,26,32H,1-2,16-17,19H2/b27-25-. The number of rotatable bonds is 10. The first-order chi connectivity index (χ1) is 17.5. The minimum absolute atomic E-state index is 0.0170. The number of pyridine rings is 1. The number of benzene rings is 2. The summed E-state index contributed by atoms with van der Waals surface area (Å²) in [7, 11) is 0. The first-order valence-corrected chi connectivity index (χ1v) is 11.4. The van der Waals surface area contributed by atoms with Crippen LogP contribution in [0.2, 0.25) is 0 Å². The molecule has 1 saturated heterocycles. The fourth-order valence-electron chi connectivity index (χ4n) is 4.00. The van der Waals surface area contributed by atoms with Crippen molar-refractivity contribution in [2.45, 2.75) is 12.6 Å². The van der Waals surface area contributed by atoms with E-state index < -0.39 is 17.7 Å². The number of hydrogen-bond donors (Lipinski definition) is 1. The number of Topliss-reactive ketones (excluding diaryl/α,β-unsaturated/α-hetero) is 1. The third-order valence-corrected chi connectivity index (χ3v) is 5.67. The van der Waals surface area contributed by atoms with E-state index >= 15 is 0 Å². The van der Waals surface area contributed by atoms with Gasteiger partial charge in [0, 0.05) is 24.5 Å². The number of hydrogen-bond acceptors (Lipinski definition) is 6. The average molecular weight is 483 g/mol. The maximum Gasteiger partial charge on any atom is 0.295 e. The van der Waals surface area contributed by atoms with Gasteiger partial charge in [-0.05, 0) is 53.6 Å². The van der Waals surface area contributed by atoms with Crippen molar-refractivity contribution in [2.24, 2.45) is 0 Å². The van der Waals surface area contributed by atoms with Gasteiger partial charge in [-0.25, -0.2) is 0 Å². The summed E-state index contributed by atoms with van der Waals surface area (Å²) in [6, 6.07) is 16.5. The predicted octanol–water partition coefficient (Wildman–Crippen LogP) is 4.83. The molecule has 1 aromatic heterocycles. The van der Waals surface area contributed by atoms with Gasteiger partial charge in [-0.15, -0.1) is 0 Å². The molecule has 1 atom stereocenters.